The van der Waals surface area contributed by atoms with E-state index in [0.717, 1.165) is 57.8 Å². The number of hydrogen-bond acceptors (Lipinski definition) is 7. The Morgan fingerprint density at radius 1 is 0.457 bits per heavy atom. The molecule has 0 fully saturated rings. The molecule has 0 aromatic carbocycles. The number of hydrogen-bond donors (Lipinski definition) is 0. The normalized spacial score (nSPS) is 12.3. The molecule has 0 atom stereocenters. The maximum absolute atomic E-state index is 12.8. The predicted octanol–water partition coefficient (Wildman–Crippen LogP) is 10.9. The lowest BCUT2D eigenvalue weighted by Gasteiger charge is -2.40. The van der Waals surface area contributed by atoms with E-state index in [9.17, 15) is 14.4 Å². The largest absolute Gasteiger partial charge is 0.465 e. The Bertz CT molecular complexity index is 712. The molecule has 0 amide bonds. The number of rotatable bonds is 30. The second kappa shape index (κ2) is 26.5. The van der Waals surface area contributed by atoms with Crippen LogP contribution in [0.4, 0.5) is 0 Å². The van der Waals surface area contributed by atoms with Gasteiger partial charge in [0.25, 0.3) is 0 Å². The van der Waals surface area contributed by atoms with Crippen LogP contribution in [0.3, 0.4) is 0 Å². The van der Waals surface area contributed by atoms with Crippen molar-refractivity contribution in [1.82, 2.24) is 0 Å². The van der Waals surface area contributed by atoms with Crippen LogP contribution in [0.1, 0.15) is 176 Å². The Labute approximate surface area is 285 Å². The molecule has 7 nitrogen and oxygen atoms in total. The van der Waals surface area contributed by atoms with Gasteiger partial charge in [0, 0.05) is 25.9 Å². The highest BCUT2D eigenvalue weighted by Crippen LogP contribution is 2.38. The summed E-state index contributed by atoms with van der Waals surface area (Å²) in [7, 11) is -2.22. The zero-order valence-electron chi connectivity index (χ0n) is 31.5. The molecule has 0 saturated heterocycles. The first-order valence-electron chi connectivity index (χ1n) is 18.9. The van der Waals surface area contributed by atoms with Gasteiger partial charge in [-0.05, 0) is 37.4 Å². The molecule has 0 aliphatic heterocycles. The Morgan fingerprint density at radius 3 is 1.02 bits per heavy atom. The van der Waals surface area contributed by atoms with Gasteiger partial charge in [-0.3, -0.25) is 14.4 Å². The van der Waals surface area contributed by atoms with E-state index in [2.05, 4.69) is 54.6 Å². The molecule has 0 radical (unpaired) electrons. The fourth-order valence-corrected chi connectivity index (χ4v) is 5.97. The van der Waals surface area contributed by atoms with Crippen molar-refractivity contribution < 1.29 is 33.0 Å². The molecule has 0 aromatic rings. The van der Waals surface area contributed by atoms with Gasteiger partial charge in [-0.25, -0.2) is 0 Å². The summed E-state index contributed by atoms with van der Waals surface area (Å²) in [5, 5.41) is -0.0455. The highest BCUT2D eigenvalue weighted by Gasteiger charge is 2.43. The summed E-state index contributed by atoms with van der Waals surface area (Å²) in [6.07, 6.45) is 20.6. The number of esters is 3. The Morgan fingerprint density at radius 2 is 0.739 bits per heavy atom. The van der Waals surface area contributed by atoms with E-state index in [-0.39, 0.29) is 49.4 Å². The van der Waals surface area contributed by atoms with Crippen LogP contribution in [0.25, 0.3) is 0 Å². The first-order chi connectivity index (χ1) is 21.8. The molecule has 46 heavy (non-hydrogen) atoms. The minimum atomic E-state index is -2.22. The van der Waals surface area contributed by atoms with E-state index in [0.29, 0.717) is 19.3 Å². The van der Waals surface area contributed by atoms with E-state index in [1.54, 1.807) is 0 Å². The van der Waals surface area contributed by atoms with Crippen molar-refractivity contribution in [2.75, 3.05) is 26.4 Å². The first-order valence-corrected chi connectivity index (χ1v) is 21.8. The number of carbonyl (C=O) groups excluding carboxylic acids is 3. The molecule has 0 aliphatic carbocycles. The smallest absolute Gasteiger partial charge is 0.305 e. The third-order valence-corrected chi connectivity index (χ3v) is 13.8. The van der Waals surface area contributed by atoms with Gasteiger partial charge < -0.3 is 18.6 Å². The van der Waals surface area contributed by atoms with E-state index < -0.39 is 13.7 Å². The average molecular weight is 671 g/mol. The van der Waals surface area contributed by atoms with Crippen LogP contribution in [0.2, 0.25) is 18.1 Å². The lowest BCUT2D eigenvalue weighted by molar-refractivity contribution is -0.165. The van der Waals surface area contributed by atoms with Gasteiger partial charge in [0.15, 0.2) is 8.32 Å². The summed E-state index contributed by atoms with van der Waals surface area (Å²) in [6, 6.07) is 0. The van der Waals surface area contributed by atoms with Crippen LogP contribution < -0.4 is 0 Å². The van der Waals surface area contributed by atoms with Gasteiger partial charge in [0.2, 0.25) is 0 Å². The molecular weight excluding hydrogens is 596 g/mol. The molecule has 0 aromatic heterocycles. The minimum Gasteiger partial charge on any atom is -0.465 e. The zero-order chi connectivity index (χ0) is 34.7. The summed E-state index contributed by atoms with van der Waals surface area (Å²) in [6.45, 7) is 17.5. The first kappa shape index (κ1) is 44.6. The van der Waals surface area contributed by atoms with Gasteiger partial charge in [-0.2, -0.15) is 0 Å². The lowest BCUT2D eigenvalue weighted by Crippen LogP contribution is -2.49. The molecule has 0 N–H and O–H groups in total. The monoisotopic (exact) mass is 671 g/mol. The average Bonchev–Trinajstić information content (AvgIpc) is 3.01. The third-order valence-electron chi connectivity index (χ3n) is 9.37. The van der Waals surface area contributed by atoms with E-state index in [1.807, 2.05) is 0 Å². The maximum atomic E-state index is 12.8. The van der Waals surface area contributed by atoms with Gasteiger partial charge in [0.05, 0.1) is 5.41 Å². The molecular formula is C38H74O7Si. The lowest BCUT2D eigenvalue weighted by atomic mass is 9.92. The quantitative estimate of drug-likeness (QED) is 0.0325. The standard InChI is InChI=1S/C38H74O7Si/c1-9-12-15-18-21-24-27-34(39)42-30-38(33-45-46(7,8)37(4,5)6,31-43-35(40)28-25-22-19-16-13-10-2)32-44-36(41)29-26-23-20-17-14-11-3/h9-33H2,1-8H3. The van der Waals surface area contributed by atoms with Crippen molar-refractivity contribution in [1.29, 1.82) is 0 Å². The van der Waals surface area contributed by atoms with Crippen LogP contribution in [0.15, 0.2) is 0 Å². The zero-order valence-corrected chi connectivity index (χ0v) is 32.5. The molecule has 0 bridgehead atoms. The second-order valence-corrected chi connectivity index (χ2v) is 19.9. The fraction of sp³-hybridized carbons (Fsp3) is 0.921. The molecule has 0 heterocycles. The number of carbonyl (C=O) groups is 3. The SMILES string of the molecule is CCCCCCCCC(=O)OCC(COC(=O)CCCCCCCC)(COC(=O)CCCCCCCC)CO[Si](C)(C)C(C)(C)C. The van der Waals surface area contributed by atoms with Crippen LogP contribution >= 0.6 is 0 Å². The van der Waals surface area contributed by atoms with Crippen molar-refractivity contribution in [3.8, 4) is 0 Å². The second-order valence-electron chi connectivity index (χ2n) is 15.1. The van der Waals surface area contributed by atoms with E-state index in [4.69, 9.17) is 18.6 Å². The fourth-order valence-electron chi connectivity index (χ4n) is 4.87. The Balaban J connectivity index is 5.58. The topological polar surface area (TPSA) is 88.1 Å². The van der Waals surface area contributed by atoms with Gasteiger partial charge >= 0.3 is 17.9 Å². The number of unbranched alkanes of at least 4 members (excludes halogenated alkanes) is 15. The molecule has 0 rings (SSSR count). The Hall–Kier alpha value is -1.41. The predicted molar refractivity (Wildman–Crippen MR) is 192 cm³/mol. The highest BCUT2D eigenvalue weighted by molar-refractivity contribution is 6.74. The molecule has 0 saturated carbocycles. The van der Waals surface area contributed by atoms with Crippen molar-refractivity contribution in [3.63, 3.8) is 0 Å². The molecule has 0 unspecified atom stereocenters. The Kier molecular flexibility index (Phi) is 25.7. The summed E-state index contributed by atoms with van der Waals surface area (Å²) in [4.78, 5) is 38.5. The third kappa shape index (κ3) is 23.0. The van der Waals surface area contributed by atoms with Gasteiger partial charge in [-0.15, -0.1) is 0 Å². The molecule has 0 aliphatic rings. The van der Waals surface area contributed by atoms with E-state index >= 15 is 0 Å². The van der Waals surface area contributed by atoms with Crippen molar-refractivity contribution in [2.24, 2.45) is 5.41 Å². The maximum Gasteiger partial charge on any atom is 0.305 e. The minimum absolute atomic E-state index is 0.0229. The molecule has 0 spiro atoms. The van der Waals surface area contributed by atoms with Gasteiger partial charge in [0.1, 0.15) is 19.8 Å². The van der Waals surface area contributed by atoms with Crippen LogP contribution in [0.5, 0.6) is 0 Å². The van der Waals surface area contributed by atoms with Crippen molar-refractivity contribution in [3.05, 3.63) is 0 Å². The van der Waals surface area contributed by atoms with Crippen LogP contribution in [-0.4, -0.2) is 52.7 Å². The number of ether oxygens (including phenoxy) is 3. The summed E-state index contributed by atoms with van der Waals surface area (Å²) < 4.78 is 24.1. The highest BCUT2D eigenvalue weighted by atomic mass is 28.4. The van der Waals surface area contributed by atoms with Crippen molar-refractivity contribution >= 4 is 26.2 Å². The van der Waals surface area contributed by atoms with Crippen molar-refractivity contribution in [2.45, 2.75) is 195 Å². The van der Waals surface area contributed by atoms with Crippen LogP contribution in [0, 0.1) is 5.41 Å². The summed E-state index contributed by atoms with van der Waals surface area (Å²) in [5.41, 5.74) is -0.972. The summed E-state index contributed by atoms with van der Waals surface area (Å²) >= 11 is 0. The van der Waals surface area contributed by atoms with Crippen LogP contribution in [-0.2, 0) is 33.0 Å². The van der Waals surface area contributed by atoms with E-state index in [1.165, 1.54) is 57.8 Å². The van der Waals surface area contributed by atoms with Gasteiger partial charge in [-0.1, -0.05) is 138 Å². The molecule has 272 valence electrons. The molecule has 8 heteroatoms. The summed E-state index contributed by atoms with van der Waals surface area (Å²) in [5.74, 6) is -0.822.